The van der Waals surface area contributed by atoms with Crippen LogP contribution in [0.25, 0.3) is 0 Å². The van der Waals surface area contributed by atoms with Gasteiger partial charge in [-0.05, 0) is 12.1 Å². The molecule has 0 amide bonds. The second-order valence-corrected chi connectivity index (χ2v) is 2.90. The molecule has 2 nitrogen and oxygen atoms in total. The van der Waals surface area contributed by atoms with E-state index >= 15 is 0 Å². The summed E-state index contributed by atoms with van der Waals surface area (Å²) in [5.74, 6) is 0.400. The van der Waals surface area contributed by atoms with Gasteiger partial charge >= 0.3 is 0 Å². The third-order valence-corrected chi connectivity index (χ3v) is 1.89. The Morgan fingerprint density at radius 2 is 1.83 bits per heavy atom. The van der Waals surface area contributed by atoms with Gasteiger partial charge in [-0.25, -0.2) is 0 Å². The lowest BCUT2D eigenvalue weighted by Crippen LogP contribution is -1.86. The number of halogens is 2. The van der Waals surface area contributed by atoms with Gasteiger partial charge in [0.25, 0.3) is 0 Å². The summed E-state index contributed by atoms with van der Waals surface area (Å²) in [6.45, 7) is 0. The zero-order valence-electron chi connectivity index (χ0n) is 6.27. The van der Waals surface area contributed by atoms with Crippen molar-refractivity contribution >= 4 is 23.2 Å². The highest BCUT2D eigenvalue weighted by molar-refractivity contribution is 6.37. The highest BCUT2D eigenvalue weighted by Crippen LogP contribution is 2.33. The molecule has 0 saturated carbocycles. The van der Waals surface area contributed by atoms with E-state index < -0.39 is 0 Å². The maximum atomic E-state index is 8.54. The van der Waals surface area contributed by atoms with Crippen molar-refractivity contribution in [3.05, 3.63) is 27.7 Å². The van der Waals surface area contributed by atoms with Gasteiger partial charge in [-0.3, -0.25) is 0 Å². The van der Waals surface area contributed by atoms with Crippen LogP contribution in [-0.2, 0) is 0 Å². The molecule has 1 aromatic carbocycles. The molecule has 0 aliphatic carbocycles. The second kappa shape index (κ2) is 3.66. The highest BCUT2D eigenvalue weighted by Gasteiger charge is 2.07. The molecule has 12 heavy (non-hydrogen) atoms. The quantitative estimate of drug-likeness (QED) is 0.701. The molecule has 0 heterocycles. The molecule has 0 saturated heterocycles. The predicted molar refractivity (Wildman–Crippen MR) is 47.7 cm³/mol. The summed E-state index contributed by atoms with van der Waals surface area (Å²) in [6.07, 6.45) is 0. The van der Waals surface area contributed by atoms with Crippen LogP contribution >= 0.6 is 23.2 Å². The lowest BCUT2D eigenvalue weighted by Gasteiger charge is -2.04. The van der Waals surface area contributed by atoms with E-state index in [1.165, 1.54) is 19.2 Å². The zero-order chi connectivity index (χ0) is 9.14. The summed E-state index contributed by atoms with van der Waals surface area (Å²) < 4.78 is 4.90. The van der Waals surface area contributed by atoms with Gasteiger partial charge in [-0.2, -0.15) is 5.26 Å². The molecule has 0 N–H and O–H groups in total. The Balaban J connectivity index is 3.30. The van der Waals surface area contributed by atoms with E-state index in [2.05, 4.69) is 0 Å². The number of nitriles is 1. The van der Waals surface area contributed by atoms with Gasteiger partial charge < -0.3 is 4.74 Å². The Kier molecular flexibility index (Phi) is 2.80. The summed E-state index contributed by atoms with van der Waals surface area (Å²) in [5.41, 5.74) is 0.422. The molecule has 0 atom stereocenters. The van der Waals surface area contributed by atoms with Crippen LogP contribution in [0.5, 0.6) is 5.75 Å². The van der Waals surface area contributed by atoms with Crippen LogP contribution in [0, 0.1) is 11.3 Å². The molecule has 1 aromatic rings. The lowest BCUT2D eigenvalue weighted by atomic mass is 10.2. The van der Waals surface area contributed by atoms with Crippen LogP contribution in [0.15, 0.2) is 12.1 Å². The van der Waals surface area contributed by atoms with Crippen LogP contribution in [0.3, 0.4) is 0 Å². The van der Waals surface area contributed by atoms with Crippen molar-refractivity contribution in [2.45, 2.75) is 0 Å². The summed E-state index contributed by atoms with van der Waals surface area (Å²) in [6, 6.07) is 4.95. The number of ether oxygens (including phenoxy) is 1. The maximum absolute atomic E-state index is 8.54. The Hall–Kier alpha value is -0.910. The summed E-state index contributed by atoms with van der Waals surface area (Å²) in [4.78, 5) is 0. The molecule has 4 heteroatoms. The molecule has 0 bridgehead atoms. The first-order valence-corrected chi connectivity index (χ1v) is 3.87. The van der Waals surface area contributed by atoms with Crippen LogP contribution in [0.1, 0.15) is 5.56 Å². The van der Waals surface area contributed by atoms with Crippen molar-refractivity contribution in [2.75, 3.05) is 7.11 Å². The van der Waals surface area contributed by atoms with E-state index in [-0.39, 0.29) is 0 Å². The fourth-order valence-electron chi connectivity index (χ4n) is 0.819. The largest absolute Gasteiger partial charge is 0.494 e. The minimum Gasteiger partial charge on any atom is -0.494 e. The molecule has 0 fully saturated rings. The number of benzene rings is 1. The topological polar surface area (TPSA) is 33.0 Å². The molecule has 0 aliphatic heterocycles. The van der Waals surface area contributed by atoms with Crippen LogP contribution < -0.4 is 4.74 Å². The Morgan fingerprint density at radius 1 is 1.33 bits per heavy atom. The molecule has 0 radical (unpaired) electrons. The minimum absolute atomic E-state index is 0.349. The predicted octanol–water partition coefficient (Wildman–Crippen LogP) is 2.87. The van der Waals surface area contributed by atoms with E-state index in [1.54, 1.807) is 0 Å². The average Bonchev–Trinajstić information content (AvgIpc) is 2.03. The first kappa shape index (κ1) is 9.18. The average molecular weight is 202 g/mol. The van der Waals surface area contributed by atoms with E-state index in [0.29, 0.717) is 21.4 Å². The normalized spacial score (nSPS) is 9.17. The summed E-state index contributed by atoms with van der Waals surface area (Å²) >= 11 is 11.5. The van der Waals surface area contributed by atoms with Crippen LogP contribution in [-0.4, -0.2) is 7.11 Å². The molecular weight excluding hydrogens is 197 g/mol. The van der Waals surface area contributed by atoms with Crippen molar-refractivity contribution in [1.29, 1.82) is 5.26 Å². The zero-order valence-corrected chi connectivity index (χ0v) is 7.78. The fraction of sp³-hybridized carbons (Fsp3) is 0.125. The number of hydrogen-bond acceptors (Lipinski definition) is 2. The van der Waals surface area contributed by atoms with Crippen molar-refractivity contribution < 1.29 is 4.74 Å². The molecule has 0 spiro atoms. The van der Waals surface area contributed by atoms with Crippen LogP contribution in [0.4, 0.5) is 0 Å². The van der Waals surface area contributed by atoms with Gasteiger partial charge in [0.2, 0.25) is 0 Å². The fourth-order valence-corrected chi connectivity index (χ4v) is 1.46. The van der Waals surface area contributed by atoms with Gasteiger partial charge in [-0.1, -0.05) is 23.2 Å². The molecule has 0 aliphatic rings. The van der Waals surface area contributed by atoms with Crippen molar-refractivity contribution in [3.8, 4) is 11.8 Å². The Labute approximate surface area is 80.3 Å². The Bertz CT molecular complexity index is 320. The third kappa shape index (κ3) is 1.63. The highest BCUT2D eigenvalue weighted by atomic mass is 35.5. The summed E-state index contributed by atoms with van der Waals surface area (Å²) in [7, 11) is 1.47. The SMILES string of the molecule is COc1c(Cl)cc(C#N)cc1Cl. The van der Waals surface area contributed by atoms with E-state index in [1.807, 2.05) is 6.07 Å². The Morgan fingerprint density at radius 3 is 2.17 bits per heavy atom. The maximum Gasteiger partial charge on any atom is 0.156 e. The molecule has 0 unspecified atom stereocenters. The number of nitrogens with zero attached hydrogens (tertiary/aromatic N) is 1. The standard InChI is InChI=1S/C8H5Cl2NO/c1-12-8-6(9)2-5(4-11)3-7(8)10/h2-3H,1H3. The van der Waals surface area contributed by atoms with Crippen LogP contribution in [0.2, 0.25) is 10.0 Å². The van der Waals surface area contributed by atoms with Gasteiger partial charge in [0.1, 0.15) is 0 Å². The first-order valence-electron chi connectivity index (χ1n) is 3.12. The van der Waals surface area contributed by atoms with Gasteiger partial charge in [-0.15, -0.1) is 0 Å². The molecular formula is C8H5Cl2NO. The van der Waals surface area contributed by atoms with Crippen molar-refractivity contribution in [3.63, 3.8) is 0 Å². The monoisotopic (exact) mass is 201 g/mol. The number of hydrogen-bond donors (Lipinski definition) is 0. The van der Waals surface area contributed by atoms with Gasteiger partial charge in [0.05, 0.1) is 28.8 Å². The smallest absolute Gasteiger partial charge is 0.156 e. The first-order chi connectivity index (χ1) is 5.69. The van der Waals surface area contributed by atoms with Crippen molar-refractivity contribution in [2.24, 2.45) is 0 Å². The number of rotatable bonds is 1. The lowest BCUT2D eigenvalue weighted by molar-refractivity contribution is 0.415. The second-order valence-electron chi connectivity index (χ2n) is 2.08. The van der Waals surface area contributed by atoms with E-state index in [4.69, 9.17) is 33.2 Å². The summed E-state index contributed by atoms with van der Waals surface area (Å²) in [5, 5.41) is 9.24. The van der Waals surface area contributed by atoms with Gasteiger partial charge in [0.15, 0.2) is 5.75 Å². The van der Waals surface area contributed by atoms with E-state index in [9.17, 15) is 0 Å². The number of methoxy groups -OCH3 is 1. The van der Waals surface area contributed by atoms with Crippen molar-refractivity contribution in [1.82, 2.24) is 0 Å². The van der Waals surface area contributed by atoms with E-state index in [0.717, 1.165) is 0 Å². The minimum atomic E-state index is 0.349. The third-order valence-electron chi connectivity index (χ3n) is 1.33. The van der Waals surface area contributed by atoms with Gasteiger partial charge in [0, 0.05) is 0 Å². The molecule has 62 valence electrons. The molecule has 1 rings (SSSR count). The molecule has 0 aromatic heterocycles.